The largest absolute Gasteiger partial charge is 0.309 e. The normalized spacial score (nSPS) is 12.5. The van der Waals surface area contributed by atoms with Gasteiger partial charge in [0.2, 0.25) is 0 Å². The Balaban J connectivity index is 2.52. The minimum Gasteiger partial charge on any atom is -0.309 e. The summed E-state index contributed by atoms with van der Waals surface area (Å²) in [6.45, 7) is 0. The van der Waals surface area contributed by atoms with Crippen LogP contribution in [-0.2, 0) is 0 Å². The maximum Gasteiger partial charge on any atom is 0.123 e. The van der Waals surface area contributed by atoms with Gasteiger partial charge in [-0.2, -0.15) is 0 Å². The lowest BCUT2D eigenvalue weighted by Crippen LogP contribution is -2.18. The van der Waals surface area contributed by atoms with E-state index in [0.29, 0.717) is 15.6 Å². The van der Waals surface area contributed by atoms with E-state index in [0.717, 1.165) is 10.0 Å². The molecular weight excluding hydrogens is 352 g/mol. The van der Waals surface area contributed by atoms with Gasteiger partial charge in [-0.15, -0.1) is 0 Å². The molecule has 1 N–H and O–H groups in total. The Morgan fingerprint density at radius 1 is 1.11 bits per heavy atom. The zero-order chi connectivity index (χ0) is 14.0. The molecule has 1 nitrogen and oxygen atoms in total. The van der Waals surface area contributed by atoms with Crippen LogP contribution in [0, 0.1) is 5.82 Å². The first-order valence-electron chi connectivity index (χ1n) is 5.60. The number of hydrogen-bond acceptors (Lipinski definition) is 1. The van der Waals surface area contributed by atoms with E-state index < -0.39 is 0 Å². The third kappa shape index (κ3) is 3.29. The molecule has 2 aromatic rings. The summed E-state index contributed by atoms with van der Waals surface area (Å²) >= 11 is 15.6. The maximum absolute atomic E-state index is 13.4. The van der Waals surface area contributed by atoms with Gasteiger partial charge in [0.05, 0.1) is 6.04 Å². The number of halogens is 4. The van der Waals surface area contributed by atoms with Crippen LogP contribution in [0.2, 0.25) is 10.0 Å². The Labute approximate surface area is 129 Å². The lowest BCUT2D eigenvalue weighted by atomic mass is 9.98. The zero-order valence-electron chi connectivity index (χ0n) is 10.1. The SMILES string of the molecule is CNC(c1cc(F)ccc1Cl)c1ccc(Cl)cc1Br. The lowest BCUT2D eigenvalue weighted by Gasteiger charge is -2.20. The van der Waals surface area contributed by atoms with Crippen LogP contribution in [0.1, 0.15) is 17.2 Å². The highest BCUT2D eigenvalue weighted by atomic mass is 79.9. The first-order valence-corrected chi connectivity index (χ1v) is 7.15. The Hall–Kier alpha value is -0.610. The van der Waals surface area contributed by atoms with Gasteiger partial charge >= 0.3 is 0 Å². The maximum atomic E-state index is 13.4. The first-order chi connectivity index (χ1) is 9.02. The van der Waals surface area contributed by atoms with E-state index in [1.165, 1.54) is 12.1 Å². The van der Waals surface area contributed by atoms with Crippen LogP contribution < -0.4 is 5.32 Å². The van der Waals surface area contributed by atoms with Crippen molar-refractivity contribution in [3.05, 3.63) is 67.9 Å². The third-order valence-corrected chi connectivity index (χ3v) is 4.10. The van der Waals surface area contributed by atoms with Gasteiger partial charge < -0.3 is 5.32 Å². The fraction of sp³-hybridized carbons (Fsp3) is 0.143. The van der Waals surface area contributed by atoms with Crippen LogP contribution in [0.3, 0.4) is 0 Å². The molecule has 0 saturated carbocycles. The van der Waals surface area contributed by atoms with E-state index in [1.54, 1.807) is 25.2 Å². The molecule has 0 amide bonds. The molecule has 0 saturated heterocycles. The predicted octanol–water partition coefficient (Wildman–Crippen LogP) is 5.20. The molecule has 19 heavy (non-hydrogen) atoms. The molecule has 0 fully saturated rings. The Kier molecular flexibility index (Phi) is 4.85. The molecule has 0 bridgehead atoms. The molecule has 0 aliphatic rings. The number of hydrogen-bond donors (Lipinski definition) is 1. The Morgan fingerprint density at radius 2 is 1.84 bits per heavy atom. The Bertz CT molecular complexity index is 604. The summed E-state index contributed by atoms with van der Waals surface area (Å²) in [6, 6.07) is 9.60. The molecule has 1 atom stereocenters. The second kappa shape index (κ2) is 6.23. The van der Waals surface area contributed by atoms with Crippen molar-refractivity contribution in [3.63, 3.8) is 0 Å². The summed E-state index contributed by atoms with van der Waals surface area (Å²) in [6.07, 6.45) is 0. The van der Waals surface area contributed by atoms with Gasteiger partial charge in [0, 0.05) is 14.5 Å². The van der Waals surface area contributed by atoms with Crippen LogP contribution in [0.15, 0.2) is 40.9 Å². The van der Waals surface area contributed by atoms with Gasteiger partial charge in [0.25, 0.3) is 0 Å². The highest BCUT2D eigenvalue weighted by molar-refractivity contribution is 9.10. The van der Waals surface area contributed by atoms with Gasteiger partial charge in [-0.1, -0.05) is 45.2 Å². The van der Waals surface area contributed by atoms with Crippen molar-refractivity contribution < 1.29 is 4.39 Å². The molecule has 2 aromatic carbocycles. The average molecular weight is 363 g/mol. The molecule has 100 valence electrons. The van der Waals surface area contributed by atoms with E-state index in [4.69, 9.17) is 23.2 Å². The number of rotatable bonds is 3. The molecule has 0 aliphatic carbocycles. The van der Waals surface area contributed by atoms with Crippen LogP contribution in [0.5, 0.6) is 0 Å². The van der Waals surface area contributed by atoms with E-state index in [2.05, 4.69) is 21.2 Å². The average Bonchev–Trinajstić information content (AvgIpc) is 2.36. The minimum absolute atomic E-state index is 0.213. The molecule has 2 rings (SSSR count). The Morgan fingerprint density at radius 3 is 2.47 bits per heavy atom. The van der Waals surface area contributed by atoms with Crippen molar-refractivity contribution >= 4 is 39.1 Å². The van der Waals surface area contributed by atoms with Crippen LogP contribution in [0.25, 0.3) is 0 Å². The van der Waals surface area contributed by atoms with E-state index in [1.807, 2.05) is 6.07 Å². The smallest absolute Gasteiger partial charge is 0.123 e. The van der Waals surface area contributed by atoms with E-state index >= 15 is 0 Å². The number of benzene rings is 2. The van der Waals surface area contributed by atoms with Crippen LogP contribution in [-0.4, -0.2) is 7.05 Å². The van der Waals surface area contributed by atoms with Gasteiger partial charge in [-0.3, -0.25) is 0 Å². The second-order valence-electron chi connectivity index (χ2n) is 4.05. The summed E-state index contributed by atoms with van der Waals surface area (Å²) < 4.78 is 14.3. The quantitative estimate of drug-likeness (QED) is 0.790. The topological polar surface area (TPSA) is 12.0 Å². The van der Waals surface area contributed by atoms with Gasteiger partial charge in [-0.05, 0) is 48.5 Å². The molecule has 0 spiro atoms. The summed E-state index contributed by atoms with van der Waals surface area (Å²) in [4.78, 5) is 0. The van der Waals surface area contributed by atoms with Crippen LogP contribution >= 0.6 is 39.1 Å². The van der Waals surface area contributed by atoms with Crippen molar-refractivity contribution in [3.8, 4) is 0 Å². The standard InChI is InChI=1S/C14H11BrCl2FN/c1-19-14(10-4-2-8(16)6-12(10)15)11-7-9(18)3-5-13(11)17/h2-7,14,19H,1H3. The van der Waals surface area contributed by atoms with Crippen molar-refractivity contribution in [2.75, 3.05) is 7.05 Å². The minimum atomic E-state index is -0.315. The monoisotopic (exact) mass is 361 g/mol. The molecular formula is C14H11BrCl2FN. The first kappa shape index (κ1) is 14.8. The van der Waals surface area contributed by atoms with Crippen molar-refractivity contribution in [1.29, 1.82) is 0 Å². The van der Waals surface area contributed by atoms with Crippen LogP contribution in [0.4, 0.5) is 4.39 Å². The highest BCUT2D eigenvalue weighted by Gasteiger charge is 2.18. The molecule has 1 unspecified atom stereocenters. The van der Waals surface area contributed by atoms with Gasteiger partial charge in [-0.25, -0.2) is 4.39 Å². The molecule has 0 aromatic heterocycles. The van der Waals surface area contributed by atoms with Gasteiger partial charge in [0.1, 0.15) is 5.82 Å². The predicted molar refractivity (Wildman–Crippen MR) is 81.5 cm³/mol. The van der Waals surface area contributed by atoms with Gasteiger partial charge in [0.15, 0.2) is 0 Å². The van der Waals surface area contributed by atoms with Crippen molar-refractivity contribution in [2.45, 2.75) is 6.04 Å². The molecule has 5 heteroatoms. The third-order valence-electron chi connectivity index (χ3n) is 2.83. The van der Waals surface area contributed by atoms with Crippen molar-refractivity contribution in [1.82, 2.24) is 5.32 Å². The fourth-order valence-corrected chi connectivity index (χ4v) is 3.09. The van der Waals surface area contributed by atoms with E-state index in [-0.39, 0.29) is 11.9 Å². The molecule has 0 heterocycles. The summed E-state index contributed by atoms with van der Waals surface area (Å²) in [7, 11) is 1.80. The molecule has 0 radical (unpaired) electrons. The summed E-state index contributed by atoms with van der Waals surface area (Å²) in [5.41, 5.74) is 1.63. The summed E-state index contributed by atoms with van der Waals surface area (Å²) in [5.74, 6) is -0.315. The fourth-order valence-electron chi connectivity index (χ4n) is 1.95. The molecule has 0 aliphatic heterocycles. The lowest BCUT2D eigenvalue weighted by molar-refractivity contribution is 0.616. The number of nitrogens with one attached hydrogen (secondary N) is 1. The van der Waals surface area contributed by atoms with E-state index in [9.17, 15) is 4.39 Å². The second-order valence-corrected chi connectivity index (χ2v) is 5.75. The van der Waals surface area contributed by atoms with Crippen molar-refractivity contribution in [2.24, 2.45) is 0 Å². The zero-order valence-corrected chi connectivity index (χ0v) is 13.2. The summed E-state index contributed by atoms with van der Waals surface area (Å²) in [5, 5.41) is 4.29. The highest BCUT2D eigenvalue weighted by Crippen LogP contribution is 2.34.